The summed E-state index contributed by atoms with van der Waals surface area (Å²) in [4.78, 5) is 23.3. The Balaban J connectivity index is 1.99. The number of benzene rings is 1. The molecule has 0 unspecified atom stereocenters. The SMILES string of the molecule is CCc1nc(C)c2c(n1)N(Cc1ccc(Br)cc1)C(=O)CC2. The number of hydrogen-bond acceptors (Lipinski definition) is 3. The molecule has 1 aromatic heterocycles. The predicted molar refractivity (Wildman–Crippen MR) is 89.8 cm³/mol. The van der Waals surface area contributed by atoms with E-state index in [1.807, 2.05) is 38.1 Å². The van der Waals surface area contributed by atoms with Crippen molar-refractivity contribution in [2.45, 2.75) is 39.7 Å². The van der Waals surface area contributed by atoms with Crippen LogP contribution < -0.4 is 4.90 Å². The summed E-state index contributed by atoms with van der Waals surface area (Å²) in [5.74, 6) is 1.73. The molecular formula is C17H18BrN3O. The molecule has 0 spiro atoms. The number of fused-ring (bicyclic) bond motifs is 1. The molecule has 0 saturated carbocycles. The van der Waals surface area contributed by atoms with Gasteiger partial charge < -0.3 is 0 Å². The van der Waals surface area contributed by atoms with Crippen LogP contribution in [0.3, 0.4) is 0 Å². The zero-order valence-corrected chi connectivity index (χ0v) is 14.4. The lowest BCUT2D eigenvalue weighted by Crippen LogP contribution is -2.36. The Hall–Kier alpha value is -1.75. The minimum Gasteiger partial charge on any atom is -0.292 e. The maximum Gasteiger partial charge on any atom is 0.228 e. The predicted octanol–water partition coefficient (Wildman–Crippen LogP) is 3.59. The van der Waals surface area contributed by atoms with E-state index in [9.17, 15) is 4.79 Å². The Morgan fingerprint density at radius 2 is 1.91 bits per heavy atom. The van der Waals surface area contributed by atoms with Gasteiger partial charge in [-0.2, -0.15) is 0 Å². The summed E-state index contributed by atoms with van der Waals surface area (Å²) in [6.07, 6.45) is 2.04. The standard InChI is InChI=1S/C17H18BrN3O/c1-3-15-19-11(2)14-8-9-16(22)21(17(14)20-15)10-12-4-6-13(18)7-5-12/h4-7H,3,8-10H2,1-2H3. The van der Waals surface area contributed by atoms with Crippen LogP contribution in [-0.2, 0) is 24.2 Å². The third-order valence-corrected chi connectivity index (χ3v) is 4.48. The van der Waals surface area contributed by atoms with Gasteiger partial charge in [0.25, 0.3) is 0 Å². The molecule has 3 rings (SSSR count). The molecule has 22 heavy (non-hydrogen) atoms. The minimum atomic E-state index is 0.135. The van der Waals surface area contributed by atoms with Crippen LogP contribution >= 0.6 is 15.9 Å². The first-order valence-corrected chi connectivity index (χ1v) is 8.29. The number of nitrogens with zero attached hydrogens (tertiary/aromatic N) is 3. The van der Waals surface area contributed by atoms with Crippen molar-refractivity contribution in [3.05, 3.63) is 51.4 Å². The molecule has 4 nitrogen and oxygen atoms in total. The van der Waals surface area contributed by atoms with Crippen LogP contribution in [0, 0.1) is 6.92 Å². The number of carbonyl (C=O) groups excluding carboxylic acids is 1. The first kappa shape index (κ1) is 15.2. The monoisotopic (exact) mass is 359 g/mol. The highest BCUT2D eigenvalue weighted by atomic mass is 79.9. The number of carbonyl (C=O) groups is 1. The molecule has 0 radical (unpaired) electrons. The van der Waals surface area contributed by atoms with E-state index in [1.165, 1.54) is 0 Å². The van der Waals surface area contributed by atoms with E-state index < -0.39 is 0 Å². The zero-order chi connectivity index (χ0) is 15.7. The summed E-state index contributed by atoms with van der Waals surface area (Å²) < 4.78 is 1.04. The smallest absolute Gasteiger partial charge is 0.228 e. The molecule has 0 aliphatic carbocycles. The number of halogens is 1. The molecule has 0 fully saturated rings. The Kier molecular flexibility index (Phi) is 4.25. The third kappa shape index (κ3) is 2.90. The fraction of sp³-hybridized carbons (Fsp3) is 0.353. The average Bonchev–Trinajstić information content (AvgIpc) is 2.52. The van der Waals surface area contributed by atoms with Crippen molar-refractivity contribution < 1.29 is 4.79 Å². The van der Waals surface area contributed by atoms with Crippen molar-refractivity contribution in [2.75, 3.05) is 4.90 Å². The maximum absolute atomic E-state index is 12.4. The summed E-state index contributed by atoms with van der Waals surface area (Å²) in [6, 6.07) is 8.04. The second kappa shape index (κ2) is 6.16. The Morgan fingerprint density at radius 3 is 2.59 bits per heavy atom. The molecular weight excluding hydrogens is 342 g/mol. The Labute approximate surface area is 138 Å². The lowest BCUT2D eigenvalue weighted by Gasteiger charge is -2.29. The van der Waals surface area contributed by atoms with Gasteiger partial charge in [-0.05, 0) is 31.0 Å². The van der Waals surface area contributed by atoms with Crippen molar-refractivity contribution in [1.29, 1.82) is 0 Å². The van der Waals surface area contributed by atoms with Crippen molar-refractivity contribution in [3.63, 3.8) is 0 Å². The van der Waals surface area contributed by atoms with Crippen LogP contribution in [-0.4, -0.2) is 15.9 Å². The van der Waals surface area contributed by atoms with Gasteiger partial charge in [0.15, 0.2) is 0 Å². The van der Waals surface area contributed by atoms with Crippen LogP contribution in [0.25, 0.3) is 0 Å². The van der Waals surface area contributed by atoms with E-state index in [2.05, 4.69) is 25.9 Å². The second-order valence-electron chi connectivity index (χ2n) is 5.49. The molecule has 0 bridgehead atoms. The molecule has 1 amide bonds. The van der Waals surface area contributed by atoms with Crippen molar-refractivity contribution in [1.82, 2.24) is 9.97 Å². The Morgan fingerprint density at radius 1 is 1.18 bits per heavy atom. The molecule has 114 valence electrons. The molecule has 1 aliphatic heterocycles. The lowest BCUT2D eigenvalue weighted by atomic mass is 10.0. The highest BCUT2D eigenvalue weighted by Gasteiger charge is 2.27. The Bertz CT molecular complexity index is 713. The molecule has 0 N–H and O–H groups in total. The first-order valence-electron chi connectivity index (χ1n) is 7.49. The number of amides is 1. The molecule has 0 atom stereocenters. The van der Waals surface area contributed by atoms with E-state index in [0.29, 0.717) is 13.0 Å². The molecule has 0 saturated heterocycles. The van der Waals surface area contributed by atoms with Crippen molar-refractivity contribution >= 4 is 27.7 Å². The lowest BCUT2D eigenvalue weighted by molar-refractivity contribution is -0.119. The summed E-state index contributed by atoms with van der Waals surface area (Å²) >= 11 is 3.44. The van der Waals surface area contributed by atoms with E-state index in [0.717, 1.165) is 45.8 Å². The van der Waals surface area contributed by atoms with Crippen LogP contribution in [0.2, 0.25) is 0 Å². The largest absolute Gasteiger partial charge is 0.292 e. The third-order valence-electron chi connectivity index (χ3n) is 3.95. The molecule has 1 aliphatic rings. The van der Waals surface area contributed by atoms with Gasteiger partial charge in [0.05, 0.1) is 6.54 Å². The molecule has 1 aromatic carbocycles. The topological polar surface area (TPSA) is 46.1 Å². The van der Waals surface area contributed by atoms with Gasteiger partial charge in [0, 0.05) is 28.6 Å². The highest BCUT2D eigenvalue weighted by molar-refractivity contribution is 9.10. The summed E-state index contributed by atoms with van der Waals surface area (Å²) in [6.45, 7) is 4.59. The second-order valence-corrected chi connectivity index (χ2v) is 6.40. The normalized spacial score (nSPS) is 14.1. The van der Waals surface area contributed by atoms with Gasteiger partial charge in [-0.3, -0.25) is 9.69 Å². The van der Waals surface area contributed by atoms with Crippen LogP contribution in [0.4, 0.5) is 5.82 Å². The highest BCUT2D eigenvalue weighted by Crippen LogP contribution is 2.29. The van der Waals surface area contributed by atoms with Crippen molar-refractivity contribution in [3.8, 4) is 0 Å². The van der Waals surface area contributed by atoms with E-state index >= 15 is 0 Å². The van der Waals surface area contributed by atoms with E-state index in [1.54, 1.807) is 4.90 Å². The van der Waals surface area contributed by atoms with E-state index in [-0.39, 0.29) is 5.91 Å². The molecule has 2 heterocycles. The number of aryl methyl sites for hydroxylation is 2. The average molecular weight is 360 g/mol. The summed E-state index contributed by atoms with van der Waals surface area (Å²) in [5.41, 5.74) is 3.20. The van der Waals surface area contributed by atoms with Gasteiger partial charge >= 0.3 is 0 Å². The van der Waals surface area contributed by atoms with Gasteiger partial charge in [0.1, 0.15) is 11.6 Å². The maximum atomic E-state index is 12.4. The number of aromatic nitrogens is 2. The van der Waals surface area contributed by atoms with Gasteiger partial charge in [-0.15, -0.1) is 0 Å². The molecule has 2 aromatic rings. The molecule has 5 heteroatoms. The van der Waals surface area contributed by atoms with Gasteiger partial charge in [-0.1, -0.05) is 35.0 Å². The van der Waals surface area contributed by atoms with Crippen LogP contribution in [0.15, 0.2) is 28.7 Å². The van der Waals surface area contributed by atoms with Crippen molar-refractivity contribution in [2.24, 2.45) is 0 Å². The van der Waals surface area contributed by atoms with Crippen LogP contribution in [0.5, 0.6) is 0 Å². The number of anilines is 1. The van der Waals surface area contributed by atoms with Crippen LogP contribution in [0.1, 0.15) is 36.0 Å². The number of hydrogen-bond donors (Lipinski definition) is 0. The fourth-order valence-corrected chi connectivity index (χ4v) is 3.00. The van der Waals surface area contributed by atoms with Gasteiger partial charge in [0.2, 0.25) is 5.91 Å². The quantitative estimate of drug-likeness (QED) is 0.841. The van der Waals surface area contributed by atoms with Gasteiger partial charge in [-0.25, -0.2) is 9.97 Å². The minimum absolute atomic E-state index is 0.135. The zero-order valence-electron chi connectivity index (χ0n) is 12.8. The number of rotatable bonds is 3. The van der Waals surface area contributed by atoms with E-state index in [4.69, 9.17) is 0 Å². The summed E-state index contributed by atoms with van der Waals surface area (Å²) in [5, 5.41) is 0. The summed E-state index contributed by atoms with van der Waals surface area (Å²) in [7, 11) is 0. The first-order chi connectivity index (χ1) is 10.6. The fourth-order valence-electron chi connectivity index (χ4n) is 2.73.